The van der Waals surface area contributed by atoms with E-state index < -0.39 is 0 Å². The van der Waals surface area contributed by atoms with Gasteiger partial charge in [0.15, 0.2) is 11.5 Å². The maximum absolute atomic E-state index is 12.5. The Morgan fingerprint density at radius 2 is 1.86 bits per heavy atom. The minimum Gasteiger partial charge on any atom is -0.493 e. The molecular formula is C22H23N3O4. The Morgan fingerprint density at radius 1 is 1.10 bits per heavy atom. The fourth-order valence-corrected chi connectivity index (χ4v) is 3.53. The van der Waals surface area contributed by atoms with E-state index in [0.29, 0.717) is 36.2 Å². The fourth-order valence-electron chi connectivity index (χ4n) is 3.53. The lowest BCUT2D eigenvalue weighted by Gasteiger charge is -2.16. The standard InChI is InChI=1S/C22H23N3O4/c1-4-14-5-8-17(9-6-14)25-13-16(12-20(25)26)22-23-21(24-29-22)15-7-10-18(27-2)19(11-15)28-3/h5-11,16H,4,12-13H2,1-3H3/t16-/m0/s1. The molecule has 0 aliphatic carbocycles. The second-order valence-electron chi connectivity index (χ2n) is 6.95. The number of anilines is 1. The van der Waals surface area contributed by atoms with Gasteiger partial charge >= 0.3 is 0 Å². The summed E-state index contributed by atoms with van der Waals surface area (Å²) in [6, 6.07) is 13.5. The molecule has 0 spiro atoms. The Hall–Kier alpha value is -3.35. The second-order valence-corrected chi connectivity index (χ2v) is 6.95. The van der Waals surface area contributed by atoms with Crippen molar-refractivity contribution in [1.82, 2.24) is 10.1 Å². The molecule has 3 aromatic rings. The summed E-state index contributed by atoms with van der Waals surface area (Å²) in [4.78, 5) is 18.9. The molecule has 0 bridgehead atoms. The summed E-state index contributed by atoms with van der Waals surface area (Å²) in [6.07, 6.45) is 1.32. The number of aryl methyl sites for hydroxylation is 1. The van der Waals surface area contributed by atoms with Crippen molar-refractivity contribution < 1.29 is 18.8 Å². The van der Waals surface area contributed by atoms with Crippen molar-refractivity contribution in [3.8, 4) is 22.9 Å². The largest absolute Gasteiger partial charge is 0.493 e. The van der Waals surface area contributed by atoms with Crippen molar-refractivity contribution in [1.29, 1.82) is 0 Å². The quantitative estimate of drug-likeness (QED) is 0.633. The molecule has 0 unspecified atom stereocenters. The molecule has 1 saturated heterocycles. The maximum atomic E-state index is 12.5. The summed E-state index contributed by atoms with van der Waals surface area (Å²) >= 11 is 0. The predicted molar refractivity (Wildman–Crippen MR) is 108 cm³/mol. The van der Waals surface area contributed by atoms with Crippen LogP contribution in [0.5, 0.6) is 11.5 Å². The van der Waals surface area contributed by atoms with Gasteiger partial charge in [-0.2, -0.15) is 4.98 Å². The van der Waals surface area contributed by atoms with E-state index in [1.165, 1.54) is 5.56 Å². The topological polar surface area (TPSA) is 77.7 Å². The normalized spacial score (nSPS) is 16.3. The van der Waals surface area contributed by atoms with Gasteiger partial charge in [-0.15, -0.1) is 0 Å². The van der Waals surface area contributed by atoms with E-state index in [0.717, 1.165) is 17.7 Å². The van der Waals surface area contributed by atoms with Crippen molar-refractivity contribution >= 4 is 11.6 Å². The summed E-state index contributed by atoms with van der Waals surface area (Å²) in [5, 5.41) is 4.10. The fraction of sp³-hybridized carbons (Fsp3) is 0.318. The van der Waals surface area contributed by atoms with E-state index in [9.17, 15) is 4.79 Å². The van der Waals surface area contributed by atoms with Crippen molar-refractivity contribution in [2.45, 2.75) is 25.7 Å². The average Bonchev–Trinajstić information content (AvgIpc) is 3.40. The minimum atomic E-state index is -0.130. The van der Waals surface area contributed by atoms with Gasteiger partial charge < -0.3 is 18.9 Å². The van der Waals surface area contributed by atoms with Gasteiger partial charge in [-0.1, -0.05) is 24.2 Å². The molecule has 0 N–H and O–H groups in total. The number of hydrogen-bond acceptors (Lipinski definition) is 6. The molecule has 7 nitrogen and oxygen atoms in total. The highest BCUT2D eigenvalue weighted by Gasteiger charge is 2.35. The molecule has 1 fully saturated rings. The van der Waals surface area contributed by atoms with Crippen LogP contribution < -0.4 is 14.4 Å². The van der Waals surface area contributed by atoms with Gasteiger partial charge in [-0.05, 0) is 42.3 Å². The number of ether oxygens (including phenoxy) is 2. The molecular weight excluding hydrogens is 370 g/mol. The molecule has 0 saturated carbocycles. The van der Waals surface area contributed by atoms with E-state index in [2.05, 4.69) is 29.2 Å². The SMILES string of the molecule is CCc1ccc(N2C[C@@H](c3nc(-c4ccc(OC)c(OC)c4)no3)CC2=O)cc1. The van der Waals surface area contributed by atoms with E-state index in [-0.39, 0.29) is 11.8 Å². The van der Waals surface area contributed by atoms with Crippen LogP contribution >= 0.6 is 0 Å². The van der Waals surface area contributed by atoms with Crippen molar-refractivity contribution in [3.63, 3.8) is 0 Å². The molecule has 1 amide bonds. The summed E-state index contributed by atoms with van der Waals surface area (Å²) in [7, 11) is 3.16. The van der Waals surface area contributed by atoms with Crippen LogP contribution in [-0.4, -0.2) is 36.8 Å². The van der Waals surface area contributed by atoms with Crippen LogP contribution in [0.4, 0.5) is 5.69 Å². The summed E-state index contributed by atoms with van der Waals surface area (Å²) < 4.78 is 16.1. The van der Waals surface area contributed by atoms with Gasteiger partial charge in [0.25, 0.3) is 0 Å². The highest BCUT2D eigenvalue weighted by atomic mass is 16.5. The summed E-state index contributed by atoms with van der Waals surface area (Å²) in [5.74, 6) is 2.08. The van der Waals surface area contributed by atoms with Gasteiger partial charge in [0.2, 0.25) is 17.6 Å². The molecule has 2 heterocycles. The zero-order valence-corrected chi connectivity index (χ0v) is 16.7. The van der Waals surface area contributed by atoms with Crippen molar-refractivity contribution in [3.05, 3.63) is 53.9 Å². The van der Waals surface area contributed by atoms with Crippen LogP contribution in [0.1, 0.15) is 30.7 Å². The molecule has 7 heteroatoms. The lowest BCUT2D eigenvalue weighted by atomic mass is 10.1. The first-order chi connectivity index (χ1) is 14.1. The van der Waals surface area contributed by atoms with Crippen LogP contribution in [0.25, 0.3) is 11.4 Å². The molecule has 29 heavy (non-hydrogen) atoms. The number of carbonyl (C=O) groups is 1. The Bertz CT molecular complexity index is 1010. The van der Waals surface area contributed by atoms with Gasteiger partial charge in [-0.25, -0.2) is 0 Å². The molecule has 150 valence electrons. The Morgan fingerprint density at radius 3 is 2.55 bits per heavy atom. The van der Waals surface area contributed by atoms with Gasteiger partial charge in [-0.3, -0.25) is 4.79 Å². The number of nitrogens with zero attached hydrogens (tertiary/aromatic N) is 3. The number of amides is 1. The summed E-state index contributed by atoms with van der Waals surface area (Å²) in [5.41, 5.74) is 2.90. The van der Waals surface area contributed by atoms with E-state index >= 15 is 0 Å². The number of methoxy groups -OCH3 is 2. The third kappa shape index (κ3) is 3.68. The minimum absolute atomic E-state index is 0.0603. The average molecular weight is 393 g/mol. The highest BCUT2D eigenvalue weighted by Crippen LogP contribution is 2.34. The first-order valence-corrected chi connectivity index (χ1v) is 9.58. The smallest absolute Gasteiger partial charge is 0.232 e. The van der Waals surface area contributed by atoms with E-state index in [1.807, 2.05) is 18.2 Å². The van der Waals surface area contributed by atoms with Gasteiger partial charge in [0.05, 0.1) is 20.1 Å². The van der Waals surface area contributed by atoms with Crippen molar-refractivity contribution in [2.75, 3.05) is 25.7 Å². The van der Waals surface area contributed by atoms with Crippen LogP contribution in [0.3, 0.4) is 0 Å². The number of carbonyl (C=O) groups excluding carboxylic acids is 1. The van der Waals surface area contributed by atoms with Gasteiger partial charge in [0, 0.05) is 24.2 Å². The lowest BCUT2D eigenvalue weighted by Crippen LogP contribution is -2.24. The third-order valence-electron chi connectivity index (χ3n) is 5.21. The molecule has 1 aliphatic rings. The van der Waals surface area contributed by atoms with E-state index in [1.54, 1.807) is 31.3 Å². The van der Waals surface area contributed by atoms with Crippen LogP contribution in [0, 0.1) is 0 Å². The number of hydrogen-bond donors (Lipinski definition) is 0. The highest BCUT2D eigenvalue weighted by molar-refractivity contribution is 5.96. The first kappa shape index (κ1) is 19.0. The molecule has 0 radical (unpaired) electrons. The Kier molecular flexibility index (Phi) is 5.20. The molecule has 1 atom stereocenters. The zero-order chi connectivity index (χ0) is 20.4. The second kappa shape index (κ2) is 7.95. The maximum Gasteiger partial charge on any atom is 0.232 e. The first-order valence-electron chi connectivity index (χ1n) is 9.58. The number of benzene rings is 2. The number of rotatable bonds is 6. The molecule has 2 aromatic carbocycles. The third-order valence-corrected chi connectivity index (χ3v) is 5.21. The molecule has 1 aliphatic heterocycles. The number of aromatic nitrogens is 2. The van der Waals surface area contributed by atoms with Crippen LogP contribution in [0.15, 0.2) is 47.0 Å². The lowest BCUT2D eigenvalue weighted by molar-refractivity contribution is -0.117. The van der Waals surface area contributed by atoms with Crippen LogP contribution in [-0.2, 0) is 11.2 Å². The molecule has 1 aromatic heterocycles. The van der Waals surface area contributed by atoms with Crippen LogP contribution in [0.2, 0.25) is 0 Å². The van der Waals surface area contributed by atoms with Crippen molar-refractivity contribution in [2.24, 2.45) is 0 Å². The molecule has 4 rings (SSSR count). The van der Waals surface area contributed by atoms with E-state index in [4.69, 9.17) is 14.0 Å². The van der Waals surface area contributed by atoms with Gasteiger partial charge in [0.1, 0.15) is 0 Å². The summed E-state index contributed by atoms with van der Waals surface area (Å²) in [6.45, 7) is 2.63. The Labute approximate surface area is 169 Å². The Balaban J connectivity index is 1.53. The monoisotopic (exact) mass is 393 g/mol. The zero-order valence-electron chi connectivity index (χ0n) is 16.7. The predicted octanol–water partition coefficient (Wildman–Crippen LogP) is 3.84.